The molecule has 0 bridgehead atoms. The zero-order valence-corrected chi connectivity index (χ0v) is 38.3. The van der Waals surface area contributed by atoms with Gasteiger partial charge in [-0.3, -0.25) is 9.59 Å². The third kappa shape index (κ3) is 12.4. The second kappa shape index (κ2) is 22.5. The molecule has 0 atom stereocenters. The van der Waals surface area contributed by atoms with E-state index in [4.69, 9.17) is 27.9 Å². The first-order valence-electron chi connectivity index (χ1n) is 18.3. The van der Waals surface area contributed by atoms with Crippen LogP contribution >= 0.6 is 60.4 Å². The van der Waals surface area contributed by atoms with Crippen LogP contribution < -0.4 is 13.3 Å². The van der Waals surface area contributed by atoms with Gasteiger partial charge in [0.1, 0.15) is 6.29 Å². The first kappa shape index (κ1) is 44.4. The minimum atomic E-state index is -0.443. The van der Waals surface area contributed by atoms with E-state index in [0.717, 1.165) is 67.7 Å². The number of fused-ring (bicyclic) bond motifs is 2. The molecule has 4 aromatic rings. The number of ketones is 2. The number of carbonyl (C=O) groups is 5. The first-order valence-corrected chi connectivity index (χ1v) is 31.6. The van der Waals surface area contributed by atoms with Crippen LogP contribution in [0.25, 0.3) is 0 Å². The molecule has 2 heterocycles. The summed E-state index contributed by atoms with van der Waals surface area (Å²) in [6, 6.07) is 29.6. The Morgan fingerprint density at radius 1 is 0.571 bits per heavy atom. The van der Waals surface area contributed by atoms with Crippen LogP contribution in [0, 0.1) is 11.8 Å². The molecule has 0 spiro atoms. The van der Waals surface area contributed by atoms with Crippen molar-refractivity contribution in [3.05, 3.63) is 152 Å². The summed E-state index contributed by atoms with van der Waals surface area (Å²) in [7, 11) is 0. The number of rotatable bonds is 4. The summed E-state index contributed by atoms with van der Waals surface area (Å²) in [5.41, 5.74) is 4.30. The van der Waals surface area contributed by atoms with Crippen molar-refractivity contribution in [3.8, 4) is 0 Å². The molecule has 4 aliphatic rings. The Morgan fingerprint density at radius 2 is 1.00 bits per heavy atom. The van der Waals surface area contributed by atoms with Crippen molar-refractivity contribution >= 4 is 90.2 Å². The fourth-order valence-electron chi connectivity index (χ4n) is 7.39. The number of ether oxygens (including phenoxy) is 2. The van der Waals surface area contributed by atoms with Crippen molar-refractivity contribution in [2.45, 2.75) is 63.2 Å². The Bertz CT molecular complexity index is 1980. The average Bonchev–Trinajstić information content (AvgIpc) is 3.23. The molecule has 2 saturated carbocycles. The van der Waals surface area contributed by atoms with E-state index in [1.54, 1.807) is 48.5 Å². The van der Waals surface area contributed by atoms with Crippen LogP contribution in [0.2, 0.25) is 10.0 Å². The number of carbonyl (C=O) groups excluding carboxylic acids is 5. The van der Waals surface area contributed by atoms with Gasteiger partial charge in [-0.2, -0.15) is 0 Å². The Hall–Kier alpha value is -2.66. The number of aldehydes is 1. The maximum atomic E-state index is 12.6. The second-order valence-electron chi connectivity index (χ2n) is 13.9. The number of allylic oxidation sites excluding steroid dienone is 2. The van der Waals surface area contributed by atoms with Gasteiger partial charge < -0.3 is 14.3 Å². The number of Topliss-reactive ketones (excluding diaryl/α,β-unsaturated/α-hetero) is 2. The molecule has 56 heavy (non-hydrogen) atoms. The topological polar surface area (TPSA) is 104 Å². The molecular weight excluding hydrogens is 1090 g/mol. The fraction of sp³-hybridized carbons (Fsp3) is 0.295. The fourth-order valence-corrected chi connectivity index (χ4v) is 7.64. The zero-order chi connectivity index (χ0) is 40.0. The monoisotopic (exact) mass is 1130 g/mol. The van der Waals surface area contributed by atoms with E-state index >= 15 is 0 Å². The van der Waals surface area contributed by atoms with Gasteiger partial charge in [-0.25, -0.2) is 9.59 Å². The number of hydrogen-bond donors (Lipinski definition) is 0. The van der Waals surface area contributed by atoms with E-state index in [9.17, 15) is 24.0 Å². The first-order chi connectivity index (χ1) is 27.1. The Kier molecular flexibility index (Phi) is 17.8. The van der Waals surface area contributed by atoms with Crippen LogP contribution in [0.5, 0.6) is 0 Å². The van der Waals surface area contributed by atoms with E-state index in [0.29, 0.717) is 53.3 Å². The van der Waals surface area contributed by atoms with Gasteiger partial charge in [0.15, 0.2) is 12.4 Å². The predicted octanol–water partition coefficient (Wildman–Crippen LogP) is 9.18. The van der Waals surface area contributed by atoms with Gasteiger partial charge >= 0.3 is 62.4 Å². The van der Waals surface area contributed by atoms with Gasteiger partial charge in [-0.1, -0.05) is 83.9 Å². The van der Waals surface area contributed by atoms with E-state index < -0.39 is 11.9 Å². The second-order valence-corrected chi connectivity index (χ2v) is 31.0. The molecule has 7 nitrogen and oxygen atoms in total. The molecule has 294 valence electrons. The third-order valence-electron chi connectivity index (χ3n) is 10.4. The van der Waals surface area contributed by atoms with Crippen LogP contribution in [0.4, 0.5) is 0 Å². The maximum Gasteiger partial charge on any atom is 0.344 e. The molecule has 0 saturated heterocycles. The predicted molar refractivity (Wildman–Crippen MR) is 232 cm³/mol. The molecule has 0 N–H and O–H groups in total. The molecular formula is C44H40Cl2I3O7-. The molecule has 0 unspecified atom stereocenters. The summed E-state index contributed by atoms with van der Waals surface area (Å²) in [6.45, 7) is -0.129. The quantitative estimate of drug-likeness (QED) is 0.0870. The molecule has 0 aromatic heterocycles. The van der Waals surface area contributed by atoms with Gasteiger partial charge in [-0.05, 0) is 123 Å². The van der Waals surface area contributed by atoms with Gasteiger partial charge in [0.2, 0.25) is 11.6 Å². The standard InChI is InChI=1S/C22H19ClO3.C13H15ClO.C9H6O3.I3/c23-17-11-9-16(10-12-17)15-7-5-14(6-8-15)13-20-21(24)18-3-1-2-4-19(18)22(25)26-20;14-13-7-5-12(6-8-13)11-3-1-10(9-15)2-4-11;10-8-5-12-9(11)7-4-2-1-3-6(7)8;1-3-2/h1-4,9-15H,5-8H2;5-11H,1-4H2;1-4H,5H2;/q;;;-1/b20-13-;;;. The molecule has 0 amide bonds. The summed E-state index contributed by atoms with van der Waals surface area (Å²) >= 11 is 17.1. The number of esters is 2. The maximum absolute atomic E-state index is 12.6. The molecule has 12 heteroatoms. The minimum absolute atomic E-state index is 0.129. The van der Waals surface area contributed by atoms with Crippen molar-refractivity contribution in [1.82, 2.24) is 0 Å². The van der Waals surface area contributed by atoms with Crippen LogP contribution in [-0.2, 0) is 14.3 Å². The van der Waals surface area contributed by atoms with Crippen LogP contribution in [0.3, 0.4) is 0 Å². The van der Waals surface area contributed by atoms with Crippen molar-refractivity contribution in [2.75, 3.05) is 6.61 Å². The van der Waals surface area contributed by atoms with E-state index in [-0.39, 0.29) is 29.9 Å². The summed E-state index contributed by atoms with van der Waals surface area (Å²) in [4.78, 5) is 57.6. The smallest absolute Gasteiger partial charge is 0.344 e. The Balaban J connectivity index is 0.000000169. The van der Waals surface area contributed by atoms with Gasteiger partial charge in [0.25, 0.3) is 0 Å². The minimum Gasteiger partial charge on any atom is -0.454 e. The van der Waals surface area contributed by atoms with Crippen LogP contribution in [0.1, 0.15) is 116 Å². The summed E-state index contributed by atoms with van der Waals surface area (Å²) in [5.74, 6) is 0.704. The SMILES string of the molecule is I[I-]I.O=C1COC(=O)c2ccccc21.O=C1O/C(=C\C2CCC(c3ccc(Cl)cc3)CC2)C(=O)c2ccccc21.O=CC1CCC(c2ccc(Cl)cc2)CC1. The summed E-state index contributed by atoms with van der Waals surface area (Å²) in [5, 5.41) is 1.55. The normalized spacial score (nSPS) is 22.0. The Labute approximate surface area is 367 Å². The number of cyclic esters (lactones) is 2. The largest absolute Gasteiger partial charge is 0.454 e. The number of hydrogen-bond acceptors (Lipinski definition) is 7. The van der Waals surface area contributed by atoms with Crippen molar-refractivity contribution in [2.24, 2.45) is 11.8 Å². The van der Waals surface area contributed by atoms with Crippen molar-refractivity contribution in [1.29, 1.82) is 0 Å². The van der Waals surface area contributed by atoms with Crippen molar-refractivity contribution < 1.29 is 46.7 Å². The van der Waals surface area contributed by atoms with E-state index in [1.807, 2.05) is 30.3 Å². The Morgan fingerprint density at radius 3 is 1.46 bits per heavy atom. The molecule has 2 aliphatic heterocycles. The van der Waals surface area contributed by atoms with Crippen LogP contribution in [0.15, 0.2) is 109 Å². The molecule has 2 aliphatic carbocycles. The van der Waals surface area contributed by atoms with E-state index in [2.05, 4.69) is 66.2 Å². The van der Waals surface area contributed by atoms with E-state index in [1.165, 1.54) is 11.1 Å². The van der Waals surface area contributed by atoms with Gasteiger partial charge in [0.05, 0.1) is 11.1 Å². The molecule has 4 aromatic carbocycles. The molecule has 8 rings (SSSR count). The number of benzene rings is 4. The molecule has 2 fully saturated rings. The summed E-state index contributed by atoms with van der Waals surface area (Å²) < 4.78 is 9.94. The number of halogens is 5. The van der Waals surface area contributed by atoms with Crippen molar-refractivity contribution in [3.63, 3.8) is 0 Å². The zero-order valence-electron chi connectivity index (χ0n) is 30.3. The van der Waals surface area contributed by atoms with Gasteiger partial charge in [0, 0.05) is 27.1 Å². The average molecular weight is 1130 g/mol. The molecule has 0 radical (unpaired) electrons. The van der Waals surface area contributed by atoms with Gasteiger partial charge in [-0.15, -0.1) is 0 Å². The summed E-state index contributed by atoms with van der Waals surface area (Å²) in [6.07, 6.45) is 11.4. The van der Waals surface area contributed by atoms with Crippen LogP contribution in [-0.4, -0.2) is 36.4 Å². The third-order valence-corrected chi connectivity index (χ3v) is 10.9.